The maximum absolute atomic E-state index is 8.72. The number of nitrogens with zero attached hydrogens (tertiary/aromatic N) is 3. The van der Waals surface area contributed by atoms with Gasteiger partial charge in [0.25, 0.3) is 0 Å². The lowest BCUT2D eigenvalue weighted by molar-refractivity contribution is 0.318. The normalized spacial score (nSPS) is 11.5. The Morgan fingerprint density at radius 3 is 2.94 bits per heavy atom. The molecule has 0 spiro atoms. The molecule has 2 aromatic rings. The van der Waals surface area contributed by atoms with Crippen molar-refractivity contribution in [1.82, 2.24) is 10.2 Å². The second kappa shape index (κ2) is 5.83. The number of amidine groups is 1. The van der Waals surface area contributed by atoms with Crippen LogP contribution < -0.4 is 5.73 Å². The van der Waals surface area contributed by atoms with E-state index in [1.54, 1.807) is 6.07 Å². The molecule has 92 valence electrons. The van der Waals surface area contributed by atoms with Crippen LogP contribution in [0.3, 0.4) is 0 Å². The molecule has 3 N–H and O–H groups in total. The van der Waals surface area contributed by atoms with Crippen LogP contribution in [0.4, 0.5) is 0 Å². The summed E-state index contributed by atoms with van der Waals surface area (Å²) >= 11 is 4.80. The Kier molecular flexibility index (Phi) is 4.16. The first-order chi connectivity index (χ1) is 8.70. The highest BCUT2D eigenvalue weighted by Gasteiger charge is 2.10. The summed E-state index contributed by atoms with van der Waals surface area (Å²) in [6, 6.07) is 9.41. The molecule has 2 rings (SSSR count). The zero-order chi connectivity index (χ0) is 13.0. The van der Waals surface area contributed by atoms with Gasteiger partial charge in [0.2, 0.25) is 0 Å². The van der Waals surface area contributed by atoms with Gasteiger partial charge in [-0.2, -0.15) is 5.10 Å². The number of rotatable bonds is 3. The Morgan fingerprint density at radius 2 is 2.22 bits per heavy atom. The zero-order valence-corrected chi connectivity index (χ0v) is 11.5. The molecular formula is C11H9BrN4OS. The molecule has 0 atom stereocenters. The molecule has 0 aliphatic rings. The SMILES string of the molecule is N/C(=N\O)c1ccnnc1Sc1cccc(Br)c1. The van der Waals surface area contributed by atoms with Crippen molar-refractivity contribution in [2.75, 3.05) is 0 Å². The van der Waals surface area contributed by atoms with Crippen molar-refractivity contribution < 1.29 is 5.21 Å². The number of aromatic nitrogens is 2. The fourth-order valence-electron chi connectivity index (χ4n) is 1.29. The van der Waals surface area contributed by atoms with Gasteiger partial charge in [-0.1, -0.05) is 38.9 Å². The van der Waals surface area contributed by atoms with Gasteiger partial charge in [0, 0.05) is 9.37 Å². The number of nitrogens with two attached hydrogens (primary N) is 1. The molecule has 5 nitrogen and oxygen atoms in total. The Hall–Kier alpha value is -1.60. The van der Waals surface area contributed by atoms with Crippen LogP contribution >= 0.6 is 27.7 Å². The fourth-order valence-corrected chi connectivity index (χ4v) is 2.76. The van der Waals surface area contributed by atoms with E-state index in [1.165, 1.54) is 18.0 Å². The van der Waals surface area contributed by atoms with E-state index in [2.05, 4.69) is 31.3 Å². The van der Waals surface area contributed by atoms with E-state index in [0.29, 0.717) is 10.6 Å². The first kappa shape index (κ1) is 12.8. The van der Waals surface area contributed by atoms with E-state index in [4.69, 9.17) is 10.9 Å². The fraction of sp³-hybridized carbons (Fsp3) is 0. The number of hydrogen-bond acceptors (Lipinski definition) is 5. The Labute approximate surface area is 116 Å². The molecule has 1 aromatic carbocycles. The summed E-state index contributed by atoms with van der Waals surface area (Å²) in [7, 11) is 0. The molecule has 0 radical (unpaired) electrons. The van der Waals surface area contributed by atoms with Crippen LogP contribution in [0.2, 0.25) is 0 Å². The molecule has 7 heteroatoms. The molecule has 1 heterocycles. The second-order valence-corrected chi connectivity index (χ2v) is 5.27. The van der Waals surface area contributed by atoms with Gasteiger partial charge in [0.05, 0.1) is 11.8 Å². The van der Waals surface area contributed by atoms with Crippen LogP contribution in [0.1, 0.15) is 5.56 Å². The summed E-state index contributed by atoms with van der Waals surface area (Å²) in [5.74, 6) is 0.0161. The first-order valence-corrected chi connectivity index (χ1v) is 6.54. The average Bonchev–Trinajstić information content (AvgIpc) is 2.38. The quantitative estimate of drug-likeness (QED) is 0.392. The third-order valence-electron chi connectivity index (χ3n) is 2.08. The molecule has 0 aliphatic heterocycles. The third-order valence-corrected chi connectivity index (χ3v) is 3.56. The topological polar surface area (TPSA) is 84.4 Å². The largest absolute Gasteiger partial charge is 0.409 e. The number of hydrogen-bond donors (Lipinski definition) is 2. The highest BCUT2D eigenvalue weighted by atomic mass is 79.9. The highest BCUT2D eigenvalue weighted by molar-refractivity contribution is 9.10. The predicted octanol–water partition coefficient (Wildman–Crippen LogP) is 2.48. The molecule has 0 saturated carbocycles. The molecule has 0 aliphatic carbocycles. The molecule has 1 aromatic heterocycles. The molecule has 0 unspecified atom stereocenters. The summed E-state index contributed by atoms with van der Waals surface area (Å²) in [5.41, 5.74) is 6.14. The van der Waals surface area contributed by atoms with Crippen LogP contribution in [0.25, 0.3) is 0 Å². The van der Waals surface area contributed by atoms with Crippen molar-refractivity contribution in [1.29, 1.82) is 0 Å². The van der Waals surface area contributed by atoms with Crippen molar-refractivity contribution in [3.63, 3.8) is 0 Å². The van der Waals surface area contributed by atoms with E-state index in [9.17, 15) is 0 Å². The highest BCUT2D eigenvalue weighted by Crippen LogP contribution is 2.29. The molecule has 0 fully saturated rings. The van der Waals surface area contributed by atoms with Crippen molar-refractivity contribution in [3.05, 3.63) is 46.6 Å². The van der Waals surface area contributed by atoms with Crippen molar-refractivity contribution in [2.45, 2.75) is 9.92 Å². The van der Waals surface area contributed by atoms with Crippen LogP contribution in [0.15, 0.2) is 56.1 Å². The monoisotopic (exact) mass is 324 g/mol. The Bertz CT molecular complexity index is 591. The maximum Gasteiger partial charge on any atom is 0.172 e. The first-order valence-electron chi connectivity index (χ1n) is 4.93. The van der Waals surface area contributed by atoms with Gasteiger partial charge >= 0.3 is 0 Å². The smallest absolute Gasteiger partial charge is 0.172 e. The zero-order valence-electron chi connectivity index (χ0n) is 9.12. The lowest BCUT2D eigenvalue weighted by atomic mass is 10.3. The summed E-state index contributed by atoms with van der Waals surface area (Å²) < 4.78 is 0.974. The predicted molar refractivity (Wildman–Crippen MR) is 72.8 cm³/mol. The number of oxime groups is 1. The van der Waals surface area contributed by atoms with Crippen LogP contribution in [-0.4, -0.2) is 21.2 Å². The maximum atomic E-state index is 8.72. The minimum absolute atomic E-state index is 0.0161. The number of benzene rings is 1. The molecule has 0 saturated heterocycles. The number of halogens is 1. The minimum Gasteiger partial charge on any atom is -0.409 e. The summed E-state index contributed by atoms with van der Waals surface area (Å²) in [6.45, 7) is 0. The minimum atomic E-state index is 0.0161. The van der Waals surface area contributed by atoms with Gasteiger partial charge in [-0.25, -0.2) is 0 Å². The lowest BCUT2D eigenvalue weighted by Gasteiger charge is -2.05. The van der Waals surface area contributed by atoms with Gasteiger partial charge < -0.3 is 10.9 Å². The van der Waals surface area contributed by atoms with E-state index in [0.717, 1.165) is 9.37 Å². The van der Waals surface area contributed by atoms with Gasteiger partial charge in [0.1, 0.15) is 5.03 Å². The molecule has 0 amide bonds. The summed E-state index contributed by atoms with van der Waals surface area (Å²) in [6.07, 6.45) is 1.50. The third kappa shape index (κ3) is 2.99. The molecule has 0 bridgehead atoms. The van der Waals surface area contributed by atoms with Crippen LogP contribution in [0.5, 0.6) is 0 Å². The van der Waals surface area contributed by atoms with Crippen molar-refractivity contribution in [2.24, 2.45) is 10.9 Å². The van der Waals surface area contributed by atoms with Gasteiger partial charge in [-0.3, -0.25) is 0 Å². The Morgan fingerprint density at radius 1 is 1.39 bits per heavy atom. The van der Waals surface area contributed by atoms with E-state index >= 15 is 0 Å². The van der Waals surface area contributed by atoms with E-state index < -0.39 is 0 Å². The second-order valence-electron chi connectivity index (χ2n) is 3.29. The van der Waals surface area contributed by atoms with E-state index in [1.807, 2.05) is 24.3 Å². The summed E-state index contributed by atoms with van der Waals surface area (Å²) in [4.78, 5) is 0.983. The van der Waals surface area contributed by atoms with Gasteiger partial charge in [-0.15, -0.1) is 5.10 Å². The standard InChI is InChI=1S/C11H9BrN4OS/c12-7-2-1-3-8(6-7)18-11-9(10(13)16-17)4-5-14-15-11/h1-6,17H,(H2,13,16). The van der Waals surface area contributed by atoms with Crippen LogP contribution in [-0.2, 0) is 0 Å². The van der Waals surface area contributed by atoms with Crippen molar-refractivity contribution >= 4 is 33.5 Å². The van der Waals surface area contributed by atoms with E-state index in [-0.39, 0.29) is 5.84 Å². The molecular weight excluding hydrogens is 316 g/mol. The van der Waals surface area contributed by atoms with Gasteiger partial charge in [-0.05, 0) is 24.3 Å². The lowest BCUT2D eigenvalue weighted by Crippen LogP contribution is -2.15. The van der Waals surface area contributed by atoms with Crippen molar-refractivity contribution in [3.8, 4) is 0 Å². The van der Waals surface area contributed by atoms with Gasteiger partial charge in [0.15, 0.2) is 5.84 Å². The average molecular weight is 325 g/mol. The Balaban J connectivity index is 2.35. The summed E-state index contributed by atoms with van der Waals surface area (Å²) in [5, 5.41) is 20.1. The van der Waals surface area contributed by atoms with Crippen LogP contribution in [0, 0.1) is 0 Å². The molecule has 18 heavy (non-hydrogen) atoms.